The summed E-state index contributed by atoms with van der Waals surface area (Å²) in [7, 11) is -7.41. The second-order valence-electron chi connectivity index (χ2n) is 11.1. The normalized spacial score (nSPS) is 12.0. The molecule has 0 amide bonds. The van der Waals surface area contributed by atoms with Gasteiger partial charge in [0.05, 0.1) is 21.2 Å². The minimum Gasteiger partial charge on any atom is -0.426 e. The van der Waals surface area contributed by atoms with Crippen LogP contribution in [-0.2, 0) is 37.1 Å². The Balaban J connectivity index is 0.000000157. The number of hydrogen-bond acceptors (Lipinski definition) is 8. The Kier molecular flexibility index (Phi) is 13.1. The summed E-state index contributed by atoms with van der Waals surface area (Å²) < 4.78 is 58.2. The van der Waals surface area contributed by atoms with Crippen LogP contribution >= 0.6 is 22.7 Å². The molecule has 4 heterocycles. The maximum atomic E-state index is 12.2. The summed E-state index contributed by atoms with van der Waals surface area (Å²) in [6.07, 6.45) is 3.54. The molecule has 8 rings (SSSR count). The molecule has 0 N–H and O–H groups in total. The van der Waals surface area contributed by atoms with Crippen LogP contribution in [0.25, 0.3) is 31.8 Å². The predicted molar refractivity (Wildman–Crippen MR) is 206 cm³/mol. The first-order valence-corrected chi connectivity index (χ1v) is 20.2. The first kappa shape index (κ1) is 39.2. The van der Waals surface area contributed by atoms with E-state index in [2.05, 4.69) is 28.7 Å². The van der Waals surface area contributed by atoms with E-state index in [1.165, 1.54) is 22.7 Å². The van der Waals surface area contributed by atoms with E-state index in [1.807, 2.05) is 98.8 Å². The average Bonchev–Trinajstić information content (AvgIpc) is 3.75. The number of hydrogen-bond donors (Lipinski definition) is 0. The molecule has 0 bridgehead atoms. The maximum absolute atomic E-state index is 12.2. The topological polar surface area (TPSA) is 147 Å². The van der Waals surface area contributed by atoms with Crippen molar-refractivity contribution in [3.05, 3.63) is 167 Å². The fourth-order valence-corrected chi connectivity index (χ4v) is 8.52. The fourth-order valence-electron chi connectivity index (χ4n) is 4.56. The van der Waals surface area contributed by atoms with Crippen molar-refractivity contribution in [2.24, 2.45) is 8.80 Å². The summed E-state index contributed by atoms with van der Waals surface area (Å²) in [5, 5.41) is 0. The van der Waals surface area contributed by atoms with Gasteiger partial charge in [-0.1, -0.05) is 83.9 Å². The van der Waals surface area contributed by atoms with E-state index in [-0.39, 0.29) is 36.5 Å². The Morgan fingerprint density at radius 3 is 1.19 bits per heavy atom. The van der Waals surface area contributed by atoms with Crippen LogP contribution < -0.4 is 19.6 Å². The van der Waals surface area contributed by atoms with Crippen LogP contribution in [-0.4, -0.2) is 26.8 Å². The van der Waals surface area contributed by atoms with E-state index < -0.39 is 20.0 Å². The molecule has 0 spiro atoms. The van der Waals surface area contributed by atoms with Gasteiger partial charge in [-0.2, -0.15) is 0 Å². The van der Waals surface area contributed by atoms with Crippen molar-refractivity contribution in [1.29, 1.82) is 0 Å². The molecule has 0 atom stereocenters. The molecule has 10 nitrogen and oxygen atoms in total. The molecule has 0 fully saturated rings. The van der Waals surface area contributed by atoms with E-state index in [4.69, 9.17) is 0 Å². The zero-order chi connectivity index (χ0) is 36.6. The first-order chi connectivity index (χ1) is 25.1. The molecule has 0 aliphatic rings. The third kappa shape index (κ3) is 10.5. The summed E-state index contributed by atoms with van der Waals surface area (Å²) >= 11 is 2.53. The van der Waals surface area contributed by atoms with Crippen LogP contribution in [0.15, 0.2) is 164 Å². The summed E-state index contributed by atoms with van der Waals surface area (Å²) in [5.41, 5.74) is 5.36. The first-order valence-electron chi connectivity index (χ1n) is 15.7. The van der Waals surface area contributed by atoms with E-state index in [1.54, 1.807) is 60.9 Å². The molecule has 271 valence electrons. The van der Waals surface area contributed by atoms with Crippen LogP contribution in [0.4, 0.5) is 0 Å². The largest absolute Gasteiger partial charge is 2.00 e. The van der Waals surface area contributed by atoms with Gasteiger partial charge in [0.25, 0.3) is 0 Å². The molecule has 0 aliphatic carbocycles. The molecule has 15 heteroatoms. The van der Waals surface area contributed by atoms with Gasteiger partial charge in [-0.05, 0) is 85.5 Å². The maximum Gasteiger partial charge on any atom is 2.00 e. The molecule has 4 aromatic carbocycles. The standard InChI is InChI=1S/2C14H11N2O2S2.C10H8N2.Cu/c2*1-10-6-8-11(9-7-10)20(17,18)16-14-15-12-4-2-3-5-13(12)19-14;1-3-7-11-9(5-1)10-6-2-4-8-12-10;/h2*2-9H,1H3;1-8H;/q2*-1;;+2. The van der Waals surface area contributed by atoms with Crippen molar-refractivity contribution in [1.82, 2.24) is 19.9 Å². The molecule has 0 unspecified atom stereocenters. The molecule has 0 aliphatic heterocycles. The molecule has 1 radical (unpaired) electrons. The second kappa shape index (κ2) is 17.7. The Hall–Kier alpha value is -5.02. The van der Waals surface area contributed by atoms with Gasteiger partial charge in [-0.3, -0.25) is 9.97 Å². The van der Waals surface area contributed by atoms with Gasteiger partial charge in [-0.25, -0.2) is 16.8 Å². The Bertz CT molecular complexity index is 2520. The third-order valence-corrected chi connectivity index (χ3v) is 11.8. The summed E-state index contributed by atoms with van der Waals surface area (Å²) in [6.45, 7) is 3.81. The summed E-state index contributed by atoms with van der Waals surface area (Å²) in [4.78, 5) is 17.7. The van der Waals surface area contributed by atoms with E-state index in [0.29, 0.717) is 0 Å². The van der Waals surface area contributed by atoms with Gasteiger partial charge < -0.3 is 18.8 Å². The van der Waals surface area contributed by atoms with Gasteiger partial charge >= 0.3 is 17.1 Å². The number of sulfonamides is 2. The molecule has 0 saturated carbocycles. The quantitative estimate of drug-likeness (QED) is 0.168. The third-order valence-electron chi connectivity index (χ3n) is 7.19. The predicted octanol–water partition coefficient (Wildman–Crippen LogP) is 7.05. The number of nitrogens with zero attached hydrogens (tertiary/aromatic N) is 6. The molecular formula is C38H30CuN6O4S4. The van der Waals surface area contributed by atoms with Crippen LogP contribution in [0, 0.1) is 13.8 Å². The molecular weight excluding hydrogens is 796 g/mol. The zero-order valence-corrected chi connectivity index (χ0v) is 32.3. The Labute approximate surface area is 325 Å². The van der Waals surface area contributed by atoms with Crippen molar-refractivity contribution in [3.63, 3.8) is 0 Å². The van der Waals surface area contributed by atoms with Crippen molar-refractivity contribution in [2.45, 2.75) is 23.6 Å². The number of rotatable bonds is 5. The van der Waals surface area contributed by atoms with Gasteiger partial charge in [0.2, 0.25) is 20.0 Å². The van der Waals surface area contributed by atoms with E-state index >= 15 is 0 Å². The monoisotopic (exact) mass is 825 g/mol. The van der Waals surface area contributed by atoms with Gasteiger partial charge in [0.15, 0.2) is 0 Å². The van der Waals surface area contributed by atoms with Gasteiger partial charge in [0, 0.05) is 31.4 Å². The summed E-state index contributed by atoms with van der Waals surface area (Å²) in [5.74, 6) is 0. The van der Waals surface area contributed by atoms with Crippen LogP contribution in [0.1, 0.15) is 11.1 Å². The smallest absolute Gasteiger partial charge is 0.426 e. The van der Waals surface area contributed by atoms with Crippen molar-refractivity contribution in [2.75, 3.05) is 0 Å². The number of aryl methyl sites for hydroxylation is 2. The van der Waals surface area contributed by atoms with Crippen LogP contribution in [0.2, 0.25) is 0 Å². The average molecular weight is 827 g/mol. The van der Waals surface area contributed by atoms with Crippen LogP contribution in [0.3, 0.4) is 0 Å². The minimum atomic E-state index is -3.70. The SMILES string of the molecule is Cc1ccc(S(=O)(=O)/N=c2/[n-]c3ccccc3s2)cc1.Cc1ccc(S(=O)(=O)/N=c2/[n-]c3ccccc3s2)cc1.[Cu+2].c1ccc(-c2ccccn2)nc1. The van der Waals surface area contributed by atoms with Gasteiger partial charge in [-0.15, -0.1) is 22.7 Å². The molecule has 53 heavy (non-hydrogen) atoms. The molecule has 8 aromatic rings. The Morgan fingerprint density at radius 2 is 0.849 bits per heavy atom. The number of pyridine rings is 2. The zero-order valence-electron chi connectivity index (χ0n) is 28.1. The second-order valence-corrected chi connectivity index (χ2v) is 16.3. The van der Waals surface area contributed by atoms with Crippen molar-refractivity contribution >= 4 is 63.2 Å². The fraction of sp³-hybridized carbons (Fsp3) is 0.0526. The number of benzene rings is 4. The minimum absolute atomic E-state index is 0. The number of aromatic nitrogens is 4. The van der Waals surface area contributed by atoms with Gasteiger partial charge in [0.1, 0.15) is 0 Å². The van der Waals surface area contributed by atoms with Crippen molar-refractivity contribution in [3.8, 4) is 11.4 Å². The molecule has 0 saturated heterocycles. The van der Waals surface area contributed by atoms with E-state index in [0.717, 1.165) is 42.9 Å². The molecule has 4 aromatic heterocycles. The number of fused-ring (bicyclic) bond motifs is 2. The summed E-state index contributed by atoms with van der Waals surface area (Å²) in [6, 6.07) is 39.8. The van der Waals surface area contributed by atoms with E-state index in [9.17, 15) is 16.8 Å². The van der Waals surface area contributed by atoms with Crippen LogP contribution in [0.5, 0.6) is 0 Å². The van der Waals surface area contributed by atoms with Crippen molar-refractivity contribution < 1.29 is 33.9 Å². The Morgan fingerprint density at radius 1 is 0.491 bits per heavy atom. The number of para-hydroxylation sites is 2. The number of thiazole rings is 2.